The van der Waals surface area contributed by atoms with E-state index in [1.807, 2.05) is 0 Å². The van der Waals surface area contributed by atoms with Crippen LogP contribution in [0.2, 0.25) is 0 Å². The Labute approximate surface area is 131 Å². The average Bonchev–Trinajstić information content (AvgIpc) is 3.33. The third-order valence-electron chi connectivity index (χ3n) is 3.98. The van der Waals surface area contributed by atoms with Crippen molar-refractivity contribution in [3.63, 3.8) is 0 Å². The lowest BCUT2D eigenvalue weighted by Crippen LogP contribution is -2.34. The number of aliphatic hydroxyl groups is 1. The first-order valence-corrected chi connectivity index (χ1v) is 7.27. The first-order chi connectivity index (χ1) is 10.9. The molecular weight excluding hydrogens is 307 g/mol. The van der Waals surface area contributed by atoms with Gasteiger partial charge in [-0.2, -0.15) is 13.2 Å². The molecule has 1 aromatic heterocycles. The Morgan fingerprint density at radius 3 is 2.39 bits per heavy atom. The molecule has 23 heavy (non-hydrogen) atoms. The lowest BCUT2D eigenvalue weighted by atomic mass is 10.1. The van der Waals surface area contributed by atoms with Crippen molar-refractivity contribution in [3.05, 3.63) is 47.8 Å². The van der Waals surface area contributed by atoms with Crippen molar-refractivity contribution in [3.8, 4) is 11.4 Å². The SMILES string of the molecule is OCC1(NCc2ccnc(-c3ccc(C(F)(F)F)cc3)n2)CC1. The van der Waals surface area contributed by atoms with Gasteiger partial charge in [0.15, 0.2) is 5.82 Å². The Balaban J connectivity index is 1.74. The number of hydrogen-bond acceptors (Lipinski definition) is 4. The first kappa shape index (κ1) is 15.9. The summed E-state index contributed by atoms with van der Waals surface area (Å²) < 4.78 is 37.7. The smallest absolute Gasteiger partial charge is 0.394 e. The summed E-state index contributed by atoms with van der Waals surface area (Å²) in [6, 6.07) is 6.52. The molecule has 122 valence electrons. The van der Waals surface area contributed by atoms with Gasteiger partial charge in [0, 0.05) is 23.8 Å². The maximum atomic E-state index is 12.6. The van der Waals surface area contributed by atoms with Gasteiger partial charge >= 0.3 is 6.18 Å². The average molecular weight is 323 g/mol. The number of hydrogen-bond donors (Lipinski definition) is 2. The molecule has 4 nitrogen and oxygen atoms in total. The molecule has 0 aliphatic heterocycles. The highest BCUT2D eigenvalue weighted by molar-refractivity contribution is 5.55. The Kier molecular flexibility index (Phi) is 4.08. The lowest BCUT2D eigenvalue weighted by molar-refractivity contribution is -0.137. The summed E-state index contributed by atoms with van der Waals surface area (Å²) in [5, 5.41) is 12.5. The normalized spacial score (nSPS) is 16.3. The van der Waals surface area contributed by atoms with Crippen LogP contribution in [0, 0.1) is 0 Å². The number of alkyl halides is 3. The van der Waals surface area contributed by atoms with Crippen molar-refractivity contribution < 1.29 is 18.3 Å². The summed E-state index contributed by atoms with van der Waals surface area (Å²) in [7, 11) is 0. The van der Waals surface area contributed by atoms with E-state index >= 15 is 0 Å². The van der Waals surface area contributed by atoms with Crippen LogP contribution in [0.5, 0.6) is 0 Å². The van der Waals surface area contributed by atoms with E-state index < -0.39 is 11.7 Å². The van der Waals surface area contributed by atoms with E-state index in [2.05, 4.69) is 15.3 Å². The van der Waals surface area contributed by atoms with E-state index in [0.717, 1.165) is 30.7 Å². The second kappa shape index (κ2) is 5.90. The maximum absolute atomic E-state index is 12.6. The van der Waals surface area contributed by atoms with E-state index in [9.17, 15) is 18.3 Å². The third-order valence-corrected chi connectivity index (χ3v) is 3.98. The van der Waals surface area contributed by atoms with Crippen molar-refractivity contribution in [2.75, 3.05) is 6.61 Å². The molecular formula is C16H16F3N3O. The van der Waals surface area contributed by atoms with Gasteiger partial charge < -0.3 is 10.4 Å². The van der Waals surface area contributed by atoms with Crippen molar-refractivity contribution >= 4 is 0 Å². The predicted molar refractivity (Wildman–Crippen MR) is 78.4 cm³/mol. The summed E-state index contributed by atoms with van der Waals surface area (Å²) in [6.07, 6.45) is -0.912. The quantitative estimate of drug-likeness (QED) is 0.888. The molecule has 3 rings (SSSR count). The Morgan fingerprint density at radius 2 is 1.83 bits per heavy atom. The van der Waals surface area contributed by atoms with E-state index in [4.69, 9.17) is 0 Å². The fraction of sp³-hybridized carbons (Fsp3) is 0.375. The van der Waals surface area contributed by atoms with Crippen molar-refractivity contribution in [1.82, 2.24) is 15.3 Å². The lowest BCUT2D eigenvalue weighted by Gasteiger charge is -2.14. The Morgan fingerprint density at radius 1 is 1.13 bits per heavy atom. The number of nitrogens with zero attached hydrogens (tertiary/aromatic N) is 2. The van der Waals surface area contributed by atoms with Gasteiger partial charge in [-0.3, -0.25) is 0 Å². The number of rotatable bonds is 5. The van der Waals surface area contributed by atoms with Gasteiger partial charge in [-0.1, -0.05) is 12.1 Å². The minimum atomic E-state index is -4.35. The molecule has 0 unspecified atom stereocenters. The number of benzene rings is 1. The maximum Gasteiger partial charge on any atom is 0.416 e. The summed E-state index contributed by atoms with van der Waals surface area (Å²) in [4.78, 5) is 8.48. The first-order valence-electron chi connectivity index (χ1n) is 7.27. The van der Waals surface area contributed by atoms with Crippen LogP contribution in [0.25, 0.3) is 11.4 Å². The van der Waals surface area contributed by atoms with Crippen LogP contribution >= 0.6 is 0 Å². The number of aromatic nitrogens is 2. The van der Waals surface area contributed by atoms with E-state index in [1.165, 1.54) is 12.1 Å². The van der Waals surface area contributed by atoms with Gasteiger partial charge in [0.2, 0.25) is 0 Å². The summed E-state index contributed by atoms with van der Waals surface area (Å²) in [5.74, 6) is 0.381. The second-order valence-electron chi connectivity index (χ2n) is 5.74. The van der Waals surface area contributed by atoms with E-state index in [1.54, 1.807) is 12.3 Å². The summed E-state index contributed by atoms with van der Waals surface area (Å²) in [6.45, 7) is 0.570. The highest BCUT2D eigenvalue weighted by atomic mass is 19.4. The van der Waals surface area contributed by atoms with E-state index in [0.29, 0.717) is 17.9 Å². The molecule has 1 fully saturated rings. The van der Waals surface area contributed by atoms with Crippen LogP contribution in [-0.2, 0) is 12.7 Å². The topological polar surface area (TPSA) is 58.0 Å². The van der Waals surface area contributed by atoms with Crippen molar-refractivity contribution in [2.45, 2.75) is 31.1 Å². The summed E-state index contributed by atoms with van der Waals surface area (Å²) >= 11 is 0. The van der Waals surface area contributed by atoms with Crippen LogP contribution in [0.3, 0.4) is 0 Å². The molecule has 2 N–H and O–H groups in total. The molecule has 0 radical (unpaired) electrons. The van der Waals surface area contributed by atoms with Gasteiger partial charge in [-0.15, -0.1) is 0 Å². The fourth-order valence-electron chi connectivity index (χ4n) is 2.26. The standard InChI is InChI=1S/C16H16F3N3O/c17-16(18,19)12-3-1-11(2-4-12)14-20-8-5-13(22-14)9-21-15(10-23)6-7-15/h1-5,8,21,23H,6-7,9-10H2. The van der Waals surface area contributed by atoms with Crippen LogP contribution in [-0.4, -0.2) is 27.2 Å². The van der Waals surface area contributed by atoms with Crippen LogP contribution < -0.4 is 5.32 Å². The molecule has 2 aromatic rings. The zero-order chi connectivity index (χ0) is 16.5. The largest absolute Gasteiger partial charge is 0.416 e. The molecule has 0 spiro atoms. The monoisotopic (exact) mass is 323 g/mol. The molecule has 1 heterocycles. The minimum Gasteiger partial charge on any atom is -0.394 e. The van der Waals surface area contributed by atoms with Crippen molar-refractivity contribution in [1.29, 1.82) is 0 Å². The molecule has 0 bridgehead atoms. The molecule has 1 aliphatic rings. The minimum absolute atomic E-state index is 0.0871. The van der Waals surface area contributed by atoms with Crippen LogP contribution in [0.4, 0.5) is 13.2 Å². The summed E-state index contributed by atoms with van der Waals surface area (Å²) in [5.41, 5.74) is 0.370. The van der Waals surface area contributed by atoms with Gasteiger partial charge in [0.1, 0.15) is 0 Å². The second-order valence-corrected chi connectivity index (χ2v) is 5.74. The van der Waals surface area contributed by atoms with Crippen molar-refractivity contribution in [2.24, 2.45) is 0 Å². The zero-order valence-electron chi connectivity index (χ0n) is 12.3. The fourth-order valence-corrected chi connectivity index (χ4v) is 2.26. The molecule has 1 aliphatic carbocycles. The Hall–Kier alpha value is -1.99. The number of halogens is 3. The van der Waals surface area contributed by atoms with E-state index in [-0.39, 0.29) is 12.1 Å². The van der Waals surface area contributed by atoms with Crippen LogP contribution in [0.1, 0.15) is 24.1 Å². The molecule has 1 aromatic carbocycles. The van der Waals surface area contributed by atoms with Gasteiger partial charge in [-0.25, -0.2) is 9.97 Å². The highest BCUT2D eigenvalue weighted by Crippen LogP contribution is 2.34. The molecule has 7 heteroatoms. The molecule has 1 saturated carbocycles. The molecule has 0 atom stereocenters. The number of nitrogens with one attached hydrogen (secondary N) is 1. The van der Waals surface area contributed by atoms with Gasteiger partial charge in [-0.05, 0) is 31.0 Å². The third kappa shape index (κ3) is 3.68. The van der Waals surface area contributed by atoms with Gasteiger partial charge in [0.25, 0.3) is 0 Å². The zero-order valence-corrected chi connectivity index (χ0v) is 12.3. The molecule has 0 amide bonds. The molecule has 0 saturated heterocycles. The van der Waals surface area contributed by atoms with Gasteiger partial charge in [0.05, 0.1) is 17.9 Å². The highest BCUT2D eigenvalue weighted by Gasteiger charge is 2.41. The Bertz CT molecular complexity index is 682. The van der Waals surface area contributed by atoms with Crippen LogP contribution in [0.15, 0.2) is 36.5 Å². The number of aliphatic hydroxyl groups excluding tert-OH is 1. The predicted octanol–water partition coefficient (Wildman–Crippen LogP) is 2.78.